The minimum Gasteiger partial charge on any atom is -0.361 e. The van der Waals surface area contributed by atoms with Gasteiger partial charge >= 0.3 is 0 Å². The molecule has 1 atom stereocenters. The Labute approximate surface area is 40.7 Å². The first-order chi connectivity index (χ1) is 2.56. The Morgan fingerprint density at radius 1 is 2.00 bits per heavy atom. The SMILES string of the molecule is CC(O)(F)CCl. The van der Waals surface area contributed by atoms with Crippen molar-refractivity contribution in [2.75, 3.05) is 5.88 Å². The molecule has 0 radical (unpaired) electrons. The van der Waals surface area contributed by atoms with Gasteiger partial charge in [-0.25, -0.2) is 4.39 Å². The van der Waals surface area contributed by atoms with Gasteiger partial charge < -0.3 is 5.11 Å². The predicted octanol–water partition coefficient (Wildman–Crippen LogP) is 0.903. The Morgan fingerprint density at radius 3 is 2.17 bits per heavy atom. The van der Waals surface area contributed by atoms with Crippen molar-refractivity contribution in [2.24, 2.45) is 0 Å². The second-order valence-electron chi connectivity index (χ2n) is 1.28. The molecule has 0 aromatic rings. The van der Waals surface area contributed by atoms with Crippen molar-refractivity contribution in [3.8, 4) is 0 Å². The third-order valence-electron chi connectivity index (χ3n) is 0.244. The average molecular weight is 113 g/mol. The molecule has 0 saturated heterocycles. The number of alkyl halides is 2. The number of hydrogen-bond acceptors (Lipinski definition) is 1. The van der Waals surface area contributed by atoms with Crippen LogP contribution in [0.4, 0.5) is 4.39 Å². The smallest absolute Gasteiger partial charge is 0.217 e. The molecule has 0 aromatic carbocycles. The van der Waals surface area contributed by atoms with Gasteiger partial charge in [-0.3, -0.25) is 0 Å². The molecule has 0 saturated carbocycles. The summed E-state index contributed by atoms with van der Waals surface area (Å²) in [6.07, 6.45) is 0. The lowest BCUT2D eigenvalue weighted by molar-refractivity contribution is -0.0480. The van der Waals surface area contributed by atoms with Crippen molar-refractivity contribution in [3.05, 3.63) is 0 Å². The Balaban J connectivity index is 3.17. The molecule has 0 aromatic heterocycles. The van der Waals surface area contributed by atoms with Gasteiger partial charge in [0.1, 0.15) is 0 Å². The van der Waals surface area contributed by atoms with Gasteiger partial charge in [-0.1, -0.05) is 0 Å². The van der Waals surface area contributed by atoms with Crippen molar-refractivity contribution in [2.45, 2.75) is 12.8 Å². The number of aliphatic hydroxyl groups is 1. The van der Waals surface area contributed by atoms with Crippen LogP contribution in [0.15, 0.2) is 0 Å². The molecule has 1 unspecified atom stereocenters. The minimum absolute atomic E-state index is 0.368. The average Bonchev–Trinajstić information content (AvgIpc) is 1.35. The van der Waals surface area contributed by atoms with Crippen LogP contribution in [0.25, 0.3) is 0 Å². The van der Waals surface area contributed by atoms with E-state index in [1.165, 1.54) is 0 Å². The zero-order chi connectivity index (χ0) is 5.21. The Morgan fingerprint density at radius 2 is 2.17 bits per heavy atom. The highest BCUT2D eigenvalue weighted by molar-refractivity contribution is 6.18. The summed E-state index contributed by atoms with van der Waals surface area (Å²) >= 11 is 4.85. The van der Waals surface area contributed by atoms with Crippen LogP contribution in [0.5, 0.6) is 0 Å². The van der Waals surface area contributed by atoms with E-state index in [9.17, 15) is 4.39 Å². The van der Waals surface area contributed by atoms with Crippen LogP contribution < -0.4 is 0 Å². The number of halogens is 2. The second-order valence-corrected chi connectivity index (χ2v) is 1.54. The zero-order valence-corrected chi connectivity index (χ0v) is 4.17. The highest BCUT2D eigenvalue weighted by Crippen LogP contribution is 2.04. The molecule has 0 rings (SSSR count). The van der Waals surface area contributed by atoms with Crippen LogP contribution in [0, 0.1) is 0 Å². The summed E-state index contributed by atoms with van der Waals surface area (Å²) in [6.45, 7) is 1.00. The fourth-order valence-corrected chi connectivity index (χ4v) is 0. The molecular formula is C3H6ClFO. The van der Waals surface area contributed by atoms with Gasteiger partial charge in [-0.2, -0.15) is 0 Å². The van der Waals surface area contributed by atoms with Gasteiger partial charge in [-0.05, 0) is 6.92 Å². The lowest BCUT2D eigenvalue weighted by Gasteiger charge is -2.04. The van der Waals surface area contributed by atoms with Crippen molar-refractivity contribution in [3.63, 3.8) is 0 Å². The standard InChI is InChI=1S/C3H6ClFO/c1-3(5,6)2-4/h6H,2H2,1H3. The largest absolute Gasteiger partial charge is 0.361 e. The van der Waals surface area contributed by atoms with E-state index in [4.69, 9.17) is 16.7 Å². The topological polar surface area (TPSA) is 20.2 Å². The Kier molecular flexibility index (Phi) is 1.81. The van der Waals surface area contributed by atoms with Crippen LogP contribution in [0.3, 0.4) is 0 Å². The van der Waals surface area contributed by atoms with E-state index >= 15 is 0 Å². The molecule has 0 aliphatic rings. The molecule has 0 bridgehead atoms. The van der Waals surface area contributed by atoms with Gasteiger partial charge in [0.2, 0.25) is 5.85 Å². The fourth-order valence-electron chi connectivity index (χ4n) is 0. The van der Waals surface area contributed by atoms with Crippen LogP contribution >= 0.6 is 11.6 Å². The molecule has 6 heavy (non-hydrogen) atoms. The molecule has 3 heteroatoms. The summed E-state index contributed by atoms with van der Waals surface area (Å²) < 4.78 is 11.5. The zero-order valence-electron chi connectivity index (χ0n) is 3.41. The van der Waals surface area contributed by atoms with Crippen molar-refractivity contribution in [1.29, 1.82) is 0 Å². The van der Waals surface area contributed by atoms with E-state index in [-0.39, 0.29) is 5.88 Å². The molecular weight excluding hydrogens is 106 g/mol. The molecule has 0 spiro atoms. The van der Waals surface area contributed by atoms with Crippen LogP contribution in [-0.2, 0) is 0 Å². The van der Waals surface area contributed by atoms with E-state index < -0.39 is 5.85 Å². The highest BCUT2D eigenvalue weighted by Gasteiger charge is 2.14. The normalized spacial score (nSPS) is 20.0. The quantitative estimate of drug-likeness (QED) is 0.500. The first-order valence-electron chi connectivity index (χ1n) is 1.53. The summed E-state index contributed by atoms with van der Waals surface area (Å²) in [7, 11) is 0. The van der Waals surface area contributed by atoms with Crippen LogP contribution in [0.1, 0.15) is 6.92 Å². The minimum atomic E-state index is -2.19. The van der Waals surface area contributed by atoms with Crippen molar-refractivity contribution < 1.29 is 9.50 Å². The lowest BCUT2D eigenvalue weighted by atomic mass is 10.4. The van der Waals surface area contributed by atoms with E-state index in [2.05, 4.69) is 0 Å². The second kappa shape index (κ2) is 1.76. The van der Waals surface area contributed by atoms with Gasteiger partial charge in [0, 0.05) is 0 Å². The van der Waals surface area contributed by atoms with Gasteiger partial charge in [0.25, 0.3) is 0 Å². The van der Waals surface area contributed by atoms with E-state index in [1.807, 2.05) is 0 Å². The summed E-state index contributed by atoms with van der Waals surface area (Å²) in [5.74, 6) is -2.56. The van der Waals surface area contributed by atoms with E-state index in [1.54, 1.807) is 0 Å². The molecule has 0 amide bonds. The summed E-state index contributed by atoms with van der Waals surface area (Å²) in [6, 6.07) is 0. The molecule has 0 aliphatic carbocycles. The number of hydrogen-bond donors (Lipinski definition) is 1. The van der Waals surface area contributed by atoms with Gasteiger partial charge in [0.05, 0.1) is 5.88 Å². The maximum absolute atomic E-state index is 11.5. The monoisotopic (exact) mass is 112 g/mol. The maximum Gasteiger partial charge on any atom is 0.217 e. The summed E-state index contributed by atoms with van der Waals surface area (Å²) in [5, 5.41) is 8.03. The molecule has 1 nitrogen and oxygen atoms in total. The highest BCUT2D eigenvalue weighted by atomic mass is 35.5. The molecule has 0 aliphatic heterocycles. The summed E-state index contributed by atoms with van der Waals surface area (Å²) in [5.41, 5.74) is 0. The van der Waals surface area contributed by atoms with Crippen molar-refractivity contribution >= 4 is 11.6 Å². The Hall–Kier alpha value is 0.180. The first-order valence-corrected chi connectivity index (χ1v) is 2.07. The third kappa shape index (κ3) is 4.18. The fraction of sp³-hybridized carbons (Fsp3) is 1.00. The Bertz CT molecular complexity index is 40.5. The van der Waals surface area contributed by atoms with Crippen LogP contribution in [0.2, 0.25) is 0 Å². The summed E-state index contributed by atoms with van der Waals surface area (Å²) in [4.78, 5) is 0. The van der Waals surface area contributed by atoms with Gasteiger partial charge in [0.15, 0.2) is 0 Å². The number of rotatable bonds is 1. The van der Waals surface area contributed by atoms with E-state index in [0.717, 1.165) is 6.92 Å². The lowest BCUT2D eigenvalue weighted by Crippen LogP contribution is -2.17. The maximum atomic E-state index is 11.5. The van der Waals surface area contributed by atoms with Gasteiger partial charge in [-0.15, -0.1) is 11.6 Å². The molecule has 1 N–H and O–H groups in total. The molecule has 0 heterocycles. The molecule has 38 valence electrons. The predicted molar refractivity (Wildman–Crippen MR) is 22.5 cm³/mol. The van der Waals surface area contributed by atoms with Crippen LogP contribution in [-0.4, -0.2) is 16.8 Å². The first kappa shape index (κ1) is 6.18. The van der Waals surface area contributed by atoms with Crippen molar-refractivity contribution in [1.82, 2.24) is 0 Å². The molecule has 0 fully saturated rings. The van der Waals surface area contributed by atoms with E-state index in [0.29, 0.717) is 0 Å². The third-order valence-corrected chi connectivity index (χ3v) is 0.732.